The van der Waals surface area contributed by atoms with Gasteiger partial charge in [-0.25, -0.2) is 4.98 Å². The highest BCUT2D eigenvalue weighted by Crippen LogP contribution is 2.30. The van der Waals surface area contributed by atoms with E-state index in [2.05, 4.69) is 20.9 Å². The minimum Gasteiger partial charge on any atom is -0.497 e. The van der Waals surface area contributed by atoms with Crippen LogP contribution in [0.3, 0.4) is 0 Å². The highest BCUT2D eigenvalue weighted by molar-refractivity contribution is 8.00. The smallest absolute Gasteiger partial charge is 0.272 e. The lowest BCUT2D eigenvalue weighted by molar-refractivity contribution is -0.115. The van der Waals surface area contributed by atoms with Gasteiger partial charge in [0.25, 0.3) is 11.8 Å². The first-order valence-corrected chi connectivity index (χ1v) is 16.7. The molecule has 0 bridgehead atoms. The fraction of sp³-hybridized carbons (Fsp3) is 0.0857. The molecule has 1 atom stereocenters. The van der Waals surface area contributed by atoms with Gasteiger partial charge >= 0.3 is 0 Å². The van der Waals surface area contributed by atoms with Crippen molar-refractivity contribution in [1.82, 2.24) is 10.3 Å². The summed E-state index contributed by atoms with van der Waals surface area (Å²) in [6.07, 6.45) is 1.47. The Labute approximate surface area is 290 Å². The summed E-state index contributed by atoms with van der Waals surface area (Å²) >= 11 is 15.2. The van der Waals surface area contributed by atoms with Crippen molar-refractivity contribution < 1.29 is 19.1 Å². The van der Waals surface area contributed by atoms with Crippen molar-refractivity contribution in [1.29, 1.82) is 0 Å². The quantitative estimate of drug-likeness (QED) is 0.0939. The molecule has 12 heteroatoms. The first-order valence-electron chi connectivity index (χ1n) is 14.2. The molecule has 5 aromatic rings. The molecule has 238 valence electrons. The molecule has 1 heterocycles. The van der Waals surface area contributed by atoms with Crippen molar-refractivity contribution in [2.24, 2.45) is 0 Å². The molecule has 8 nitrogen and oxygen atoms in total. The average Bonchev–Trinajstić information content (AvgIpc) is 3.56. The molecule has 1 aromatic heterocycles. The van der Waals surface area contributed by atoms with Crippen molar-refractivity contribution in [2.75, 3.05) is 17.7 Å². The maximum atomic E-state index is 13.4. The van der Waals surface area contributed by atoms with Gasteiger partial charge in [0.1, 0.15) is 11.4 Å². The maximum Gasteiger partial charge on any atom is 0.272 e. The molecule has 0 saturated carbocycles. The van der Waals surface area contributed by atoms with Crippen LogP contribution < -0.4 is 20.7 Å². The van der Waals surface area contributed by atoms with Gasteiger partial charge in [0.05, 0.1) is 28.1 Å². The summed E-state index contributed by atoms with van der Waals surface area (Å²) in [4.78, 5) is 44.6. The average molecular weight is 704 g/mol. The molecule has 0 aliphatic carbocycles. The monoisotopic (exact) mass is 702 g/mol. The second kappa shape index (κ2) is 15.8. The number of carbonyl (C=O) groups excluding carboxylic acids is 3. The molecule has 0 spiro atoms. The number of rotatable bonds is 11. The largest absolute Gasteiger partial charge is 0.497 e. The Bertz CT molecular complexity index is 1930. The first kappa shape index (κ1) is 33.7. The number of hydrogen-bond acceptors (Lipinski definition) is 7. The van der Waals surface area contributed by atoms with Gasteiger partial charge in [-0.2, -0.15) is 0 Å². The fourth-order valence-electron chi connectivity index (χ4n) is 4.26. The van der Waals surface area contributed by atoms with E-state index in [1.54, 1.807) is 86.8 Å². The number of thioether (sulfide) groups is 1. The molecular weight excluding hydrogens is 675 g/mol. The van der Waals surface area contributed by atoms with Crippen molar-refractivity contribution in [3.8, 4) is 17.0 Å². The SMILES string of the molecule is COc1cccc(-c2csc(NC(=O)C(C)Sc3ccc(NC(=O)/C(=C/c4cccc(Cl)c4Cl)NC(=O)c4ccccc4)cc3)n2)c1. The molecule has 3 amide bonds. The molecule has 3 N–H and O–H groups in total. The lowest BCUT2D eigenvalue weighted by atomic mass is 10.1. The second-order valence-corrected chi connectivity index (χ2v) is 13.1. The summed E-state index contributed by atoms with van der Waals surface area (Å²) in [6, 6.07) is 28.2. The summed E-state index contributed by atoms with van der Waals surface area (Å²) < 4.78 is 5.29. The van der Waals surface area contributed by atoms with Crippen LogP contribution in [0.2, 0.25) is 10.0 Å². The number of methoxy groups -OCH3 is 1. The Kier molecular flexibility index (Phi) is 11.3. The van der Waals surface area contributed by atoms with Gasteiger partial charge in [0.2, 0.25) is 5.91 Å². The third kappa shape index (κ3) is 9.02. The van der Waals surface area contributed by atoms with Crippen molar-refractivity contribution >= 4 is 80.9 Å². The van der Waals surface area contributed by atoms with Crippen molar-refractivity contribution in [3.05, 3.63) is 129 Å². The molecule has 0 aliphatic rings. The highest BCUT2D eigenvalue weighted by atomic mass is 35.5. The van der Waals surface area contributed by atoms with Gasteiger partial charge < -0.3 is 20.7 Å². The number of amides is 3. The number of ether oxygens (including phenoxy) is 1. The summed E-state index contributed by atoms with van der Waals surface area (Å²) in [5.41, 5.74) is 2.95. The standard InChI is InChI=1S/C35H28Cl2N4O4S2/c1-21(32(42)41-35-40-30(20-46-35)23-10-6-12-26(18-23)45-2)47-27-16-14-25(15-17-27)38-34(44)29(19-24-11-7-13-28(36)31(24)37)39-33(43)22-8-4-3-5-9-22/h3-21H,1-2H3,(H,38,44)(H,39,43)(H,40,41,42)/b29-19-. The number of thiazole rings is 1. The first-order chi connectivity index (χ1) is 22.7. The number of halogens is 2. The van der Waals surface area contributed by atoms with E-state index in [1.807, 2.05) is 29.6 Å². The Balaban J connectivity index is 1.22. The number of hydrogen-bond donors (Lipinski definition) is 3. The number of carbonyl (C=O) groups is 3. The molecule has 5 rings (SSSR count). The predicted molar refractivity (Wildman–Crippen MR) is 191 cm³/mol. The van der Waals surface area contributed by atoms with E-state index >= 15 is 0 Å². The van der Waals surface area contributed by atoms with Crippen LogP contribution in [0.1, 0.15) is 22.8 Å². The fourth-order valence-corrected chi connectivity index (χ4v) is 6.21. The summed E-state index contributed by atoms with van der Waals surface area (Å²) in [7, 11) is 1.61. The highest BCUT2D eigenvalue weighted by Gasteiger charge is 2.19. The third-order valence-corrected chi connectivity index (χ3v) is 9.41. The maximum absolute atomic E-state index is 13.4. The van der Waals surface area contributed by atoms with Crippen LogP contribution >= 0.6 is 46.3 Å². The van der Waals surface area contributed by atoms with Crippen LogP contribution in [0.25, 0.3) is 17.3 Å². The van der Waals surface area contributed by atoms with E-state index in [9.17, 15) is 14.4 Å². The van der Waals surface area contributed by atoms with Gasteiger partial charge in [-0.3, -0.25) is 14.4 Å². The predicted octanol–water partition coefficient (Wildman–Crippen LogP) is 8.65. The van der Waals surface area contributed by atoms with Gasteiger partial charge in [-0.1, -0.05) is 65.7 Å². The summed E-state index contributed by atoms with van der Waals surface area (Å²) in [5, 5.41) is 10.9. The van der Waals surface area contributed by atoms with E-state index < -0.39 is 17.1 Å². The number of benzene rings is 4. The lowest BCUT2D eigenvalue weighted by Crippen LogP contribution is -2.30. The van der Waals surface area contributed by atoms with Crippen LogP contribution in [0.15, 0.2) is 113 Å². The van der Waals surface area contributed by atoms with Gasteiger partial charge in [-0.15, -0.1) is 23.1 Å². The topological polar surface area (TPSA) is 109 Å². The van der Waals surface area contributed by atoms with Crippen LogP contribution in [-0.4, -0.2) is 35.1 Å². The minimum atomic E-state index is -0.560. The van der Waals surface area contributed by atoms with E-state index in [4.69, 9.17) is 27.9 Å². The van der Waals surface area contributed by atoms with Gasteiger partial charge in [0, 0.05) is 27.1 Å². The Morgan fingerprint density at radius 2 is 1.66 bits per heavy atom. The van der Waals surface area contributed by atoms with Crippen molar-refractivity contribution in [2.45, 2.75) is 17.1 Å². The van der Waals surface area contributed by atoms with Crippen LogP contribution in [-0.2, 0) is 9.59 Å². The van der Waals surface area contributed by atoms with Crippen molar-refractivity contribution in [3.63, 3.8) is 0 Å². The zero-order valence-corrected chi connectivity index (χ0v) is 28.3. The molecule has 0 fully saturated rings. The van der Waals surface area contributed by atoms with Crippen LogP contribution in [0.5, 0.6) is 5.75 Å². The molecule has 47 heavy (non-hydrogen) atoms. The number of anilines is 2. The number of nitrogens with one attached hydrogen (secondary N) is 3. The zero-order valence-electron chi connectivity index (χ0n) is 25.1. The second-order valence-electron chi connectivity index (χ2n) is 10.0. The van der Waals surface area contributed by atoms with Crippen LogP contribution in [0.4, 0.5) is 10.8 Å². The van der Waals surface area contributed by atoms with E-state index in [1.165, 1.54) is 29.2 Å². The van der Waals surface area contributed by atoms with E-state index in [0.717, 1.165) is 21.9 Å². The number of nitrogens with zero attached hydrogens (tertiary/aromatic N) is 1. The Hall–Kier alpha value is -4.61. The Morgan fingerprint density at radius 3 is 2.40 bits per heavy atom. The third-order valence-electron chi connectivity index (χ3n) is 6.70. The molecule has 1 unspecified atom stereocenters. The minimum absolute atomic E-state index is 0.0245. The van der Waals surface area contributed by atoms with Gasteiger partial charge in [-0.05, 0) is 73.2 Å². The molecule has 4 aromatic carbocycles. The van der Waals surface area contributed by atoms with Crippen LogP contribution in [0, 0.1) is 0 Å². The summed E-state index contributed by atoms with van der Waals surface area (Å²) in [6.45, 7) is 1.81. The molecule has 0 saturated heterocycles. The normalized spacial score (nSPS) is 11.8. The zero-order chi connectivity index (χ0) is 33.3. The molecular formula is C35H28Cl2N4O4S2. The van der Waals surface area contributed by atoms with E-state index in [-0.39, 0.29) is 16.6 Å². The molecule has 0 aliphatic heterocycles. The van der Waals surface area contributed by atoms with E-state index in [0.29, 0.717) is 27.0 Å². The van der Waals surface area contributed by atoms with Gasteiger partial charge in [0.15, 0.2) is 5.13 Å². The summed E-state index contributed by atoms with van der Waals surface area (Å²) in [5.74, 6) is -0.484. The molecule has 0 radical (unpaired) electrons. The lowest BCUT2D eigenvalue weighted by Gasteiger charge is -2.13. The Morgan fingerprint density at radius 1 is 0.915 bits per heavy atom. The number of aromatic nitrogens is 1.